The normalized spacial score (nSPS) is 20.7. The average molecular weight is 247 g/mol. The predicted molar refractivity (Wildman–Crippen MR) is 68.3 cm³/mol. The van der Waals surface area contributed by atoms with Crippen LogP contribution < -0.4 is 5.32 Å². The van der Waals surface area contributed by atoms with Gasteiger partial charge in [-0.3, -0.25) is 0 Å². The molecular formula is C12H25NO2S. The Morgan fingerprint density at radius 2 is 2.00 bits per heavy atom. The minimum absolute atomic E-state index is 0.277. The maximum Gasteiger partial charge on any atom is 0.150 e. The Kier molecular flexibility index (Phi) is 4.80. The van der Waals surface area contributed by atoms with E-state index in [1.807, 2.05) is 7.05 Å². The monoisotopic (exact) mass is 247 g/mol. The van der Waals surface area contributed by atoms with Gasteiger partial charge in [-0.2, -0.15) is 0 Å². The predicted octanol–water partition coefficient (Wildman–Crippen LogP) is 1.84. The summed E-state index contributed by atoms with van der Waals surface area (Å²) in [6, 6.07) is 0. The van der Waals surface area contributed by atoms with E-state index in [1.54, 1.807) is 6.92 Å². The van der Waals surface area contributed by atoms with Crippen molar-refractivity contribution in [3.8, 4) is 0 Å². The first kappa shape index (κ1) is 14.0. The van der Waals surface area contributed by atoms with E-state index in [-0.39, 0.29) is 5.75 Å². The van der Waals surface area contributed by atoms with Crippen LogP contribution in [-0.2, 0) is 9.84 Å². The molecule has 0 radical (unpaired) electrons. The molecule has 0 aromatic heterocycles. The van der Waals surface area contributed by atoms with Gasteiger partial charge < -0.3 is 5.32 Å². The molecule has 0 bridgehead atoms. The summed E-state index contributed by atoms with van der Waals surface area (Å²) in [5.74, 6) is 1.44. The van der Waals surface area contributed by atoms with E-state index < -0.39 is 9.84 Å². The van der Waals surface area contributed by atoms with E-state index >= 15 is 0 Å². The summed E-state index contributed by atoms with van der Waals surface area (Å²) < 4.78 is 22.8. The zero-order valence-corrected chi connectivity index (χ0v) is 11.6. The van der Waals surface area contributed by atoms with Crippen LogP contribution in [0.5, 0.6) is 0 Å². The maximum atomic E-state index is 11.4. The Morgan fingerprint density at radius 3 is 2.44 bits per heavy atom. The first-order chi connectivity index (χ1) is 7.43. The van der Waals surface area contributed by atoms with Gasteiger partial charge in [0.25, 0.3) is 0 Å². The molecule has 1 unspecified atom stereocenters. The fourth-order valence-corrected chi connectivity index (χ4v) is 3.33. The van der Waals surface area contributed by atoms with Crippen LogP contribution >= 0.6 is 0 Å². The van der Waals surface area contributed by atoms with Crippen LogP contribution in [0.3, 0.4) is 0 Å². The average Bonchev–Trinajstić information content (AvgIpc) is 3.01. The molecule has 0 aromatic rings. The summed E-state index contributed by atoms with van der Waals surface area (Å²) in [4.78, 5) is 0. The van der Waals surface area contributed by atoms with Gasteiger partial charge in [0.15, 0.2) is 0 Å². The Labute approximate surface area is 99.9 Å². The third kappa shape index (κ3) is 4.06. The van der Waals surface area contributed by atoms with Crippen LogP contribution in [0.15, 0.2) is 0 Å². The molecule has 1 rings (SSSR count). The first-order valence-electron chi connectivity index (χ1n) is 6.28. The molecule has 1 saturated carbocycles. The van der Waals surface area contributed by atoms with Gasteiger partial charge >= 0.3 is 0 Å². The van der Waals surface area contributed by atoms with Gasteiger partial charge in [-0.1, -0.05) is 13.8 Å². The fraction of sp³-hybridized carbons (Fsp3) is 1.00. The fourth-order valence-electron chi connectivity index (χ4n) is 2.46. The standard InChI is InChI=1S/C12H25NO2S/c1-4-16(14,15)9-5-8-12(2,10-13-3)11-6-7-11/h11,13H,4-10H2,1-3H3. The largest absolute Gasteiger partial charge is 0.319 e. The molecule has 96 valence electrons. The van der Waals surface area contributed by atoms with E-state index in [0.717, 1.165) is 25.3 Å². The molecule has 4 heteroatoms. The van der Waals surface area contributed by atoms with Crippen molar-refractivity contribution >= 4 is 9.84 Å². The van der Waals surface area contributed by atoms with E-state index in [9.17, 15) is 8.42 Å². The molecule has 1 aliphatic carbocycles. The lowest BCUT2D eigenvalue weighted by atomic mass is 9.80. The van der Waals surface area contributed by atoms with E-state index in [2.05, 4.69) is 12.2 Å². The van der Waals surface area contributed by atoms with Gasteiger partial charge in [0.1, 0.15) is 9.84 Å². The van der Waals surface area contributed by atoms with Crippen LogP contribution in [0.25, 0.3) is 0 Å². The van der Waals surface area contributed by atoms with E-state index in [4.69, 9.17) is 0 Å². The molecule has 0 aromatic carbocycles. The van der Waals surface area contributed by atoms with Gasteiger partial charge in [0, 0.05) is 12.3 Å². The van der Waals surface area contributed by atoms with Gasteiger partial charge in [-0.05, 0) is 44.1 Å². The van der Waals surface area contributed by atoms with Crippen molar-refractivity contribution in [2.24, 2.45) is 11.3 Å². The third-order valence-electron chi connectivity index (χ3n) is 3.79. The second-order valence-electron chi connectivity index (χ2n) is 5.30. The lowest BCUT2D eigenvalue weighted by Gasteiger charge is -2.29. The Balaban J connectivity index is 2.39. The van der Waals surface area contributed by atoms with E-state index in [0.29, 0.717) is 11.2 Å². The van der Waals surface area contributed by atoms with Crippen molar-refractivity contribution in [3.63, 3.8) is 0 Å². The van der Waals surface area contributed by atoms with Crippen LogP contribution in [0.2, 0.25) is 0 Å². The molecule has 1 N–H and O–H groups in total. The third-order valence-corrected chi connectivity index (χ3v) is 5.58. The molecule has 0 amide bonds. The molecule has 0 aliphatic heterocycles. The summed E-state index contributed by atoms with van der Waals surface area (Å²) in [6.45, 7) is 5.02. The van der Waals surface area contributed by atoms with Crippen LogP contribution in [0.4, 0.5) is 0 Å². The van der Waals surface area contributed by atoms with Crippen LogP contribution in [0, 0.1) is 11.3 Å². The van der Waals surface area contributed by atoms with Crippen molar-refractivity contribution < 1.29 is 8.42 Å². The topological polar surface area (TPSA) is 46.2 Å². The van der Waals surface area contributed by atoms with Crippen molar-refractivity contribution in [1.29, 1.82) is 0 Å². The zero-order valence-electron chi connectivity index (χ0n) is 10.8. The number of nitrogens with one attached hydrogen (secondary N) is 1. The van der Waals surface area contributed by atoms with Gasteiger partial charge in [0.05, 0.1) is 5.75 Å². The second-order valence-corrected chi connectivity index (χ2v) is 7.77. The van der Waals surface area contributed by atoms with Crippen LogP contribution in [-0.4, -0.2) is 33.5 Å². The number of rotatable bonds is 8. The van der Waals surface area contributed by atoms with Crippen LogP contribution in [0.1, 0.15) is 39.5 Å². The van der Waals surface area contributed by atoms with Crippen molar-refractivity contribution in [1.82, 2.24) is 5.32 Å². The Hall–Kier alpha value is -0.0900. The zero-order chi connectivity index (χ0) is 12.2. The molecule has 16 heavy (non-hydrogen) atoms. The van der Waals surface area contributed by atoms with Crippen molar-refractivity contribution in [2.45, 2.75) is 39.5 Å². The maximum absolute atomic E-state index is 11.4. The van der Waals surface area contributed by atoms with Gasteiger partial charge in [0.2, 0.25) is 0 Å². The number of hydrogen-bond acceptors (Lipinski definition) is 3. The minimum Gasteiger partial charge on any atom is -0.319 e. The molecular weight excluding hydrogens is 222 g/mol. The smallest absolute Gasteiger partial charge is 0.150 e. The quantitative estimate of drug-likeness (QED) is 0.712. The summed E-state index contributed by atoms with van der Waals surface area (Å²) >= 11 is 0. The van der Waals surface area contributed by atoms with E-state index in [1.165, 1.54) is 12.8 Å². The highest BCUT2D eigenvalue weighted by Gasteiger charge is 2.40. The first-order valence-corrected chi connectivity index (χ1v) is 8.10. The van der Waals surface area contributed by atoms with Gasteiger partial charge in [-0.15, -0.1) is 0 Å². The van der Waals surface area contributed by atoms with Crippen molar-refractivity contribution in [3.05, 3.63) is 0 Å². The molecule has 0 saturated heterocycles. The van der Waals surface area contributed by atoms with Crippen molar-refractivity contribution in [2.75, 3.05) is 25.1 Å². The van der Waals surface area contributed by atoms with Gasteiger partial charge in [-0.25, -0.2) is 8.42 Å². The molecule has 1 atom stereocenters. The molecule has 0 spiro atoms. The Morgan fingerprint density at radius 1 is 1.38 bits per heavy atom. The highest BCUT2D eigenvalue weighted by atomic mass is 32.2. The lowest BCUT2D eigenvalue weighted by molar-refractivity contribution is 0.241. The SMILES string of the molecule is CCS(=O)(=O)CCCC(C)(CNC)C1CC1. The molecule has 1 fully saturated rings. The second kappa shape index (κ2) is 5.50. The molecule has 1 aliphatic rings. The highest BCUT2D eigenvalue weighted by Crippen LogP contribution is 2.47. The molecule has 0 heterocycles. The summed E-state index contributed by atoms with van der Waals surface area (Å²) in [5, 5.41) is 3.24. The minimum atomic E-state index is -2.78. The number of sulfone groups is 1. The summed E-state index contributed by atoms with van der Waals surface area (Å²) in [7, 11) is -0.807. The molecule has 3 nitrogen and oxygen atoms in total. The summed E-state index contributed by atoms with van der Waals surface area (Å²) in [6.07, 6.45) is 4.47. The number of hydrogen-bond donors (Lipinski definition) is 1. The summed E-state index contributed by atoms with van der Waals surface area (Å²) in [5.41, 5.74) is 0.304. The lowest BCUT2D eigenvalue weighted by Crippen LogP contribution is -2.32. The Bertz CT molecular complexity index is 309. The highest BCUT2D eigenvalue weighted by molar-refractivity contribution is 7.91.